The summed E-state index contributed by atoms with van der Waals surface area (Å²) in [5.41, 5.74) is 1.98. The van der Waals surface area contributed by atoms with Gasteiger partial charge in [0.15, 0.2) is 0 Å². The lowest BCUT2D eigenvalue weighted by Crippen LogP contribution is -2.38. The number of hydrogen-bond donors (Lipinski definition) is 2. The molecule has 0 atom stereocenters. The average Bonchev–Trinajstić information content (AvgIpc) is 3.12. The van der Waals surface area contributed by atoms with E-state index in [9.17, 15) is 9.59 Å². The highest BCUT2D eigenvalue weighted by Crippen LogP contribution is 2.30. The van der Waals surface area contributed by atoms with Crippen LogP contribution < -0.4 is 10.6 Å². The predicted octanol–water partition coefficient (Wildman–Crippen LogP) is 1.64. The van der Waals surface area contributed by atoms with E-state index in [2.05, 4.69) is 10.6 Å². The van der Waals surface area contributed by atoms with Crippen molar-refractivity contribution >= 4 is 23.2 Å². The van der Waals surface area contributed by atoms with Crippen LogP contribution in [0, 0.1) is 0 Å². The Balaban J connectivity index is 1.57. The van der Waals surface area contributed by atoms with Crippen LogP contribution in [-0.2, 0) is 17.6 Å². The van der Waals surface area contributed by atoms with Crippen LogP contribution in [0.15, 0.2) is 5.38 Å². The molecule has 2 amide bonds. The van der Waals surface area contributed by atoms with E-state index in [1.807, 2.05) is 5.38 Å². The molecule has 0 radical (unpaired) electrons. The standard InChI is InChI=1S/C14H18N2O2S/c17-13(16-9-5-6-9)7-15-14(18)11-8-19-12-4-2-1-3-10(11)12/h8-9H,1-7H2,(H,15,18)(H,16,17). The minimum Gasteiger partial charge on any atom is -0.352 e. The van der Waals surface area contributed by atoms with Gasteiger partial charge in [0, 0.05) is 16.3 Å². The summed E-state index contributed by atoms with van der Waals surface area (Å²) < 4.78 is 0. The second-order valence-corrected chi connectivity index (χ2v) is 6.25. The number of nitrogens with one attached hydrogen (secondary N) is 2. The van der Waals surface area contributed by atoms with Crippen LogP contribution in [0.2, 0.25) is 0 Å². The van der Waals surface area contributed by atoms with Gasteiger partial charge in [-0.15, -0.1) is 11.3 Å². The maximum atomic E-state index is 12.1. The Hall–Kier alpha value is -1.36. The first-order valence-corrected chi connectivity index (χ1v) is 7.79. The topological polar surface area (TPSA) is 58.2 Å². The summed E-state index contributed by atoms with van der Waals surface area (Å²) in [6.45, 7) is 0.0833. The van der Waals surface area contributed by atoms with Gasteiger partial charge in [-0.2, -0.15) is 0 Å². The van der Waals surface area contributed by atoms with Crippen molar-refractivity contribution in [2.24, 2.45) is 0 Å². The fourth-order valence-electron chi connectivity index (χ4n) is 2.45. The van der Waals surface area contributed by atoms with Crippen LogP contribution in [0.4, 0.5) is 0 Å². The van der Waals surface area contributed by atoms with E-state index in [0.29, 0.717) is 6.04 Å². The quantitative estimate of drug-likeness (QED) is 0.879. The summed E-state index contributed by atoms with van der Waals surface area (Å²) in [6, 6.07) is 0.346. The molecule has 2 aliphatic carbocycles. The van der Waals surface area contributed by atoms with Crippen LogP contribution in [0.1, 0.15) is 46.5 Å². The van der Waals surface area contributed by atoms with E-state index in [0.717, 1.165) is 37.7 Å². The van der Waals surface area contributed by atoms with E-state index in [1.165, 1.54) is 16.9 Å². The molecule has 1 saturated carbocycles. The third-order valence-corrected chi connectivity index (χ3v) is 4.75. The van der Waals surface area contributed by atoms with Gasteiger partial charge in [0.05, 0.1) is 12.1 Å². The molecule has 4 nitrogen and oxygen atoms in total. The molecule has 5 heteroatoms. The lowest BCUT2D eigenvalue weighted by atomic mass is 9.96. The van der Waals surface area contributed by atoms with Gasteiger partial charge in [-0.3, -0.25) is 9.59 Å². The zero-order valence-corrected chi connectivity index (χ0v) is 11.6. The smallest absolute Gasteiger partial charge is 0.252 e. The van der Waals surface area contributed by atoms with Gasteiger partial charge in [0.25, 0.3) is 5.91 Å². The molecule has 1 aromatic heterocycles. The molecule has 1 fully saturated rings. The molecule has 3 rings (SSSR count). The van der Waals surface area contributed by atoms with Crippen molar-refractivity contribution in [3.63, 3.8) is 0 Å². The summed E-state index contributed by atoms with van der Waals surface area (Å²) in [5, 5.41) is 7.52. The largest absolute Gasteiger partial charge is 0.352 e. The molecule has 102 valence electrons. The van der Waals surface area contributed by atoms with Crippen molar-refractivity contribution in [2.75, 3.05) is 6.54 Å². The summed E-state index contributed by atoms with van der Waals surface area (Å²) in [6.07, 6.45) is 6.60. The van der Waals surface area contributed by atoms with Crippen LogP contribution in [0.5, 0.6) is 0 Å². The lowest BCUT2D eigenvalue weighted by Gasteiger charge is -2.12. The Kier molecular flexibility index (Phi) is 3.55. The van der Waals surface area contributed by atoms with Crippen molar-refractivity contribution in [3.05, 3.63) is 21.4 Å². The van der Waals surface area contributed by atoms with E-state index in [-0.39, 0.29) is 18.4 Å². The van der Waals surface area contributed by atoms with E-state index >= 15 is 0 Å². The van der Waals surface area contributed by atoms with Gasteiger partial charge in [0.2, 0.25) is 5.91 Å². The van der Waals surface area contributed by atoms with Gasteiger partial charge in [-0.25, -0.2) is 0 Å². The molecule has 1 heterocycles. The van der Waals surface area contributed by atoms with Gasteiger partial charge in [-0.1, -0.05) is 0 Å². The fraction of sp³-hybridized carbons (Fsp3) is 0.571. The Morgan fingerprint density at radius 3 is 2.84 bits per heavy atom. The molecule has 0 aromatic carbocycles. The molecule has 0 spiro atoms. The summed E-state index contributed by atoms with van der Waals surface area (Å²) in [7, 11) is 0. The Morgan fingerprint density at radius 2 is 2.05 bits per heavy atom. The first-order valence-electron chi connectivity index (χ1n) is 6.91. The SMILES string of the molecule is O=C(CNC(=O)c1csc2c1CCCC2)NC1CC1. The monoisotopic (exact) mass is 278 g/mol. The first-order chi connectivity index (χ1) is 9.24. The summed E-state index contributed by atoms with van der Waals surface area (Å²) in [4.78, 5) is 25.0. The molecular formula is C14H18N2O2S. The number of amides is 2. The zero-order chi connectivity index (χ0) is 13.2. The second kappa shape index (κ2) is 5.33. The second-order valence-electron chi connectivity index (χ2n) is 5.28. The van der Waals surface area contributed by atoms with Crippen molar-refractivity contribution < 1.29 is 9.59 Å². The maximum Gasteiger partial charge on any atom is 0.252 e. The number of carbonyl (C=O) groups excluding carboxylic acids is 2. The van der Waals surface area contributed by atoms with Crippen LogP contribution >= 0.6 is 11.3 Å². The number of rotatable bonds is 4. The van der Waals surface area contributed by atoms with Crippen molar-refractivity contribution in [2.45, 2.75) is 44.6 Å². The number of hydrogen-bond acceptors (Lipinski definition) is 3. The molecule has 0 unspecified atom stereocenters. The van der Waals surface area contributed by atoms with Gasteiger partial charge in [-0.05, 0) is 44.1 Å². The van der Waals surface area contributed by atoms with Crippen molar-refractivity contribution in [1.29, 1.82) is 0 Å². The minimum absolute atomic E-state index is 0.0833. The number of aryl methyl sites for hydroxylation is 1. The normalized spacial score (nSPS) is 17.7. The third-order valence-electron chi connectivity index (χ3n) is 3.66. The van der Waals surface area contributed by atoms with Gasteiger partial charge < -0.3 is 10.6 Å². The Morgan fingerprint density at radius 1 is 1.26 bits per heavy atom. The number of fused-ring (bicyclic) bond motifs is 1. The highest BCUT2D eigenvalue weighted by atomic mass is 32.1. The predicted molar refractivity (Wildman–Crippen MR) is 74.5 cm³/mol. The van der Waals surface area contributed by atoms with Crippen molar-refractivity contribution in [3.8, 4) is 0 Å². The molecule has 2 aliphatic rings. The third kappa shape index (κ3) is 2.97. The molecule has 0 bridgehead atoms. The maximum absolute atomic E-state index is 12.1. The Bertz CT molecular complexity index is 506. The van der Waals surface area contributed by atoms with Gasteiger partial charge in [0.1, 0.15) is 0 Å². The molecular weight excluding hydrogens is 260 g/mol. The Labute approximate surface area is 116 Å². The minimum atomic E-state index is -0.106. The molecule has 1 aromatic rings. The van der Waals surface area contributed by atoms with Crippen LogP contribution in [0.25, 0.3) is 0 Å². The highest BCUT2D eigenvalue weighted by Gasteiger charge is 2.24. The zero-order valence-electron chi connectivity index (χ0n) is 10.8. The first kappa shape index (κ1) is 12.7. The van der Waals surface area contributed by atoms with E-state index < -0.39 is 0 Å². The summed E-state index contributed by atoms with van der Waals surface area (Å²) >= 11 is 1.67. The summed E-state index contributed by atoms with van der Waals surface area (Å²) in [5.74, 6) is -0.190. The van der Waals surface area contributed by atoms with Crippen LogP contribution in [0.3, 0.4) is 0 Å². The average molecular weight is 278 g/mol. The fourth-order valence-corrected chi connectivity index (χ4v) is 3.57. The van der Waals surface area contributed by atoms with Crippen molar-refractivity contribution in [1.82, 2.24) is 10.6 Å². The molecule has 2 N–H and O–H groups in total. The van der Waals surface area contributed by atoms with E-state index in [4.69, 9.17) is 0 Å². The lowest BCUT2D eigenvalue weighted by molar-refractivity contribution is -0.120. The number of carbonyl (C=O) groups is 2. The molecule has 0 saturated heterocycles. The van der Waals surface area contributed by atoms with Gasteiger partial charge >= 0.3 is 0 Å². The highest BCUT2D eigenvalue weighted by molar-refractivity contribution is 7.10. The number of thiophene rings is 1. The van der Waals surface area contributed by atoms with Crippen LogP contribution in [-0.4, -0.2) is 24.4 Å². The van der Waals surface area contributed by atoms with E-state index in [1.54, 1.807) is 11.3 Å². The molecule has 0 aliphatic heterocycles. The molecule has 19 heavy (non-hydrogen) atoms.